The number of aromatic nitrogens is 1. The van der Waals surface area contributed by atoms with Crippen LogP contribution in [0.4, 0.5) is 5.69 Å². The molecule has 0 aliphatic rings. The molecule has 2 aromatic carbocycles. The molecule has 0 saturated heterocycles. The number of carbonyl (C=O) groups excluding carboxylic acids is 1. The van der Waals surface area contributed by atoms with E-state index in [1.807, 2.05) is 30.3 Å². The Morgan fingerprint density at radius 2 is 1.75 bits per heavy atom. The van der Waals surface area contributed by atoms with Crippen LogP contribution in [0, 0.1) is 0 Å². The van der Waals surface area contributed by atoms with Crippen molar-refractivity contribution in [3.8, 4) is 0 Å². The molecule has 0 bridgehead atoms. The zero-order chi connectivity index (χ0) is 20.0. The van der Waals surface area contributed by atoms with Gasteiger partial charge in [-0.1, -0.05) is 30.3 Å². The number of fused-ring (bicyclic) bond motifs is 1. The molecule has 4 N–H and O–H groups in total. The van der Waals surface area contributed by atoms with Gasteiger partial charge in [0.2, 0.25) is 15.9 Å². The van der Waals surface area contributed by atoms with Crippen LogP contribution in [0.5, 0.6) is 0 Å². The van der Waals surface area contributed by atoms with Crippen molar-refractivity contribution in [3.05, 3.63) is 66.4 Å². The molecule has 146 valence electrons. The van der Waals surface area contributed by atoms with Crippen LogP contribution in [-0.2, 0) is 21.2 Å². The van der Waals surface area contributed by atoms with Crippen LogP contribution in [0.2, 0.25) is 0 Å². The number of anilines is 1. The Bertz CT molecular complexity index is 1060. The number of nitrogens with one attached hydrogen (secondary N) is 2. The number of hydrogen-bond acceptors (Lipinski definition) is 5. The second kappa shape index (κ2) is 8.81. The summed E-state index contributed by atoms with van der Waals surface area (Å²) in [4.78, 5) is 16.5. The van der Waals surface area contributed by atoms with Crippen molar-refractivity contribution in [2.24, 2.45) is 5.14 Å². The predicted octanol–water partition coefficient (Wildman–Crippen LogP) is 2.04. The number of primary sulfonamides is 1. The van der Waals surface area contributed by atoms with E-state index in [-0.39, 0.29) is 10.8 Å². The molecule has 0 saturated carbocycles. The topological polar surface area (TPSA) is 114 Å². The van der Waals surface area contributed by atoms with Gasteiger partial charge in [-0.3, -0.25) is 9.78 Å². The average Bonchev–Trinajstić information content (AvgIpc) is 2.68. The fourth-order valence-electron chi connectivity index (χ4n) is 2.84. The van der Waals surface area contributed by atoms with Crippen molar-refractivity contribution in [2.75, 3.05) is 18.4 Å². The number of benzene rings is 2. The molecule has 0 radical (unpaired) electrons. The molecule has 7 nitrogen and oxygen atoms in total. The summed E-state index contributed by atoms with van der Waals surface area (Å²) < 4.78 is 22.5. The van der Waals surface area contributed by atoms with Crippen molar-refractivity contribution in [3.63, 3.8) is 0 Å². The first-order valence-electron chi connectivity index (χ1n) is 8.89. The number of hydrogen-bond donors (Lipinski definition) is 3. The molecule has 28 heavy (non-hydrogen) atoms. The van der Waals surface area contributed by atoms with E-state index in [1.165, 1.54) is 12.1 Å². The third-order valence-electron chi connectivity index (χ3n) is 4.29. The molecule has 3 rings (SSSR count). The highest BCUT2D eigenvalue weighted by Gasteiger charge is 2.07. The number of pyridine rings is 1. The zero-order valence-corrected chi connectivity index (χ0v) is 16.1. The SMILES string of the molecule is NS(=O)(=O)c1ccc(CCNC(=O)CCNc2cccc3cccnc23)cc1. The summed E-state index contributed by atoms with van der Waals surface area (Å²) in [6.07, 6.45) is 2.70. The van der Waals surface area contributed by atoms with Crippen LogP contribution in [0.25, 0.3) is 10.9 Å². The Morgan fingerprint density at radius 1 is 1.00 bits per heavy atom. The Balaban J connectivity index is 1.42. The van der Waals surface area contributed by atoms with E-state index in [9.17, 15) is 13.2 Å². The molecule has 0 atom stereocenters. The first-order valence-corrected chi connectivity index (χ1v) is 10.4. The Labute approximate surface area is 164 Å². The van der Waals surface area contributed by atoms with Crippen molar-refractivity contribution in [2.45, 2.75) is 17.7 Å². The number of amides is 1. The van der Waals surface area contributed by atoms with Gasteiger partial charge < -0.3 is 10.6 Å². The van der Waals surface area contributed by atoms with E-state index in [4.69, 9.17) is 5.14 Å². The molecular weight excluding hydrogens is 376 g/mol. The summed E-state index contributed by atoms with van der Waals surface area (Å²) in [6.45, 7) is 0.980. The van der Waals surface area contributed by atoms with Gasteiger partial charge in [0, 0.05) is 31.1 Å². The average molecular weight is 398 g/mol. The highest BCUT2D eigenvalue weighted by atomic mass is 32.2. The Hall–Kier alpha value is -2.97. The molecule has 1 amide bonds. The monoisotopic (exact) mass is 398 g/mol. The minimum absolute atomic E-state index is 0.0538. The second-order valence-electron chi connectivity index (χ2n) is 6.35. The zero-order valence-electron chi connectivity index (χ0n) is 15.3. The molecular formula is C20H22N4O3S. The van der Waals surface area contributed by atoms with E-state index < -0.39 is 10.0 Å². The van der Waals surface area contributed by atoms with Crippen molar-refractivity contribution < 1.29 is 13.2 Å². The van der Waals surface area contributed by atoms with Gasteiger partial charge >= 0.3 is 0 Å². The maximum absolute atomic E-state index is 12.0. The minimum Gasteiger partial charge on any atom is -0.383 e. The first-order chi connectivity index (χ1) is 13.4. The van der Waals surface area contributed by atoms with Crippen LogP contribution < -0.4 is 15.8 Å². The van der Waals surface area contributed by atoms with E-state index in [0.29, 0.717) is 25.9 Å². The van der Waals surface area contributed by atoms with E-state index in [2.05, 4.69) is 15.6 Å². The third kappa shape index (κ3) is 5.28. The summed E-state index contributed by atoms with van der Waals surface area (Å²) in [5.74, 6) is -0.0538. The van der Waals surface area contributed by atoms with Crippen molar-refractivity contribution in [1.29, 1.82) is 0 Å². The highest BCUT2D eigenvalue weighted by Crippen LogP contribution is 2.20. The molecule has 0 aliphatic carbocycles. The van der Waals surface area contributed by atoms with E-state index >= 15 is 0 Å². The first kappa shape index (κ1) is 19.8. The summed E-state index contributed by atoms with van der Waals surface area (Å²) >= 11 is 0. The van der Waals surface area contributed by atoms with Crippen LogP contribution in [0.1, 0.15) is 12.0 Å². The molecule has 0 unspecified atom stereocenters. The molecule has 8 heteroatoms. The van der Waals surface area contributed by atoms with Gasteiger partial charge in [-0.15, -0.1) is 0 Å². The largest absolute Gasteiger partial charge is 0.383 e. The molecule has 0 spiro atoms. The summed E-state index contributed by atoms with van der Waals surface area (Å²) in [7, 11) is -3.68. The van der Waals surface area contributed by atoms with Gasteiger partial charge in [-0.25, -0.2) is 13.6 Å². The second-order valence-corrected chi connectivity index (χ2v) is 7.91. The van der Waals surface area contributed by atoms with Gasteiger partial charge in [-0.05, 0) is 36.2 Å². The maximum atomic E-state index is 12.0. The van der Waals surface area contributed by atoms with Gasteiger partial charge in [0.05, 0.1) is 16.1 Å². The number of carbonyl (C=O) groups is 1. The van der Waals surface area contributed by atoms with Crippen molar-refractivity contribution >= 4 is 32.5 Å². The maximum Gasteiger partial charge on any atom is 0.238 e. The number of rotatable bonds is 8. The van der Waals surface area contributed by atoms with Crippen LogP contribution in [0.3, 0.4) is 0 Å². The smallest absolute Gasteiger partial charge is 0.238 e. The molecule has 1 aromatic heterocycles. The number of nitrogens with zero attached hydrogens (tertiary/aromatic N) is 1. The molecule has 1 heterocycles. The Morgan fingerprint density at radius 3 is 2.50 bits per heavy atom. The highest BCUT2D eigenvalue weighted by molar-refractivity contribution is 7.89. The van der Waals surface area contributed by atoms with Crippen LogP contribution in [-0.4, -0.2) is 32.4 Å². The minimum atomic E-state index is -3.68. The lowest BCUT2D eigenvalue weighted by Gasteiger charge is -2.09. The summed E-state index contributed by atoms with van der Waals surface area (Å²) in [5.41, 5.74) is 2.71. The Kier molecular flexibility index (Phi) is 6.23. The van der Waals surface area contributed by atoms with Gasteiger partial charge in [-0.2, -0.15) is 0 Å². The van der Waals surface area contributed by atoms with Gasteiger partial charge in [0.15, 0.2) is 0 Å². The quantitative estimate of drug-likeness (QED) is 0.537. The third-order valence-corrected chi connectivity index (χ3v) is 5.22. The lowest BCUT2D eigenvalue weighted by molar-refractivity contribution is -0.120. The lowest BCUT2D eigenvalue weighted by atomic mass is 10.1. The molecule has 0 aliphatic heterocycles. The van der Waals surface area contributed by atoms with Gasteiger partial charge in [0.25, 0.3) is 0 Å². The number of nitrogens with two attached hydrogens (primary N) is 1. The molecule has 3 aromatic rings. The van der Waals surface area contributed by atoms with E-state index in [0.717, 1.165) is 22.2 Å². The standard InChI is InChI=1S/C20H22N4O3S/c21-28(26,27)17-8-6-15(7-9-17)10-13-23-19(25)11-14-22-18-5-1-3-16-4-2-12-24-20(16)18/h1-9,12,22H,10-11,13-14H2,(H,23,25)(H2,21,26,27). The van der Waals surface area contributed by atoms with Crippen LogP contribution in [0.15, 0.2) is 65.7 Å². The fourth-order valence-corrected chi connectivity index (χ4v) is 3.35. The number of para-hydroxylation sites is 1. The molecule has 0 fully saturated rings. The fraction of sp³-hybridized carbons (Fsp3) is 0.200. The summed E-state index contributed by atoms with van der Waals surface area (Å²) in [6, 6.07) is 16.1. The summed E-state index contributed by atoms with van der Waals surface area (Å²) in [5, 5.41) is 12.2. The predicted molar refractivity (Wildman–Crippen MR) is 109 cm³/mol. The lowest BCUT2D eigenvalue weighted by Crippen LogP contribution is -2.27. The van der Waals surface area contributed by atoms with Crippen LogP contribution >= 0.6 is 0 Å². The number of sulfonamides is 1. The van der Waals surface area contributed by atoms with Crippen molar-refractivity contribution in [1.82, 2.24) is 10.3 Å². The van der Waals surface area contributed by atoms with E-state index in [1.54, 1.807) is 18.3 Å². The van der Waals surface area contributed by atoms with Gasteiger partial charge in [0.1, 0.15) is 0 Å². The normalized spacial score (nSPS) is 11.3.